The van der Waals surface area contributed by atoms with Crippen molar-refractivity contribution in [3.8, 4) is 0 Å². The third-order valence-corrected chi connectivity index (χ3v) is 4.82. The maximum atomic E-state index is 12.4. The molecule has 0 radical (unpaired) electrons. The lowest BCUT2D eigenvalue weighted by atomic mass is 10.1. The number of piperazine rings is 1. The number of hydrogen-bond acceptors (Lipinski definition) is 4. The molecule has 1 aromatic carbocycles. The molecule has 1 heterocycles. The number of hydrogen-bond donors (Lipinski definition) is 1. The summed E-state index contributed by atoms with van der Waals surface area (Å²) >= 11 is 0. The SMILES string of the molecule is C[C@H]1CNCCN1C(=O)c1ccc(S(=O)(=O)C(F)F)cc1.Cl. The van der Waals surface area contributed by atoms with Crippen LogP contribution in [0.15, 0.2) is 29.2 Å². The molecule has 1 aliphatic heterocycles. The van der Waals surface area contributed by atoms with Gasteiger partial charge in [0.05, 0.1) is 4.90 Å². The number of rotatable bonds is 3. The van der Waals surface area contributed by atoms with Crippen molar-refractivity contribution in [1.82, 2.24) is 10.2 Å². The van der Waals surface area contributed by atoms with Crippen molar-refractivity contribution >= 4 is 28.2 Å². The zero-order valence-corrected chi connectivity index (χ0v) is 13.5. The van der Waals surface area contributed by atoms with Crippen LogP contribution in [-0.4, -0.2) is 50.7 Å². The quantitative estimate of drug-likeness (QED) is 0.894. The van der Waals surface area contributed by atoms with Crippen molar-refractivity contribution in [3.63, 3.8) is 0 Å². The van der Waals surface area contributed by atoms with E-state index in [1.807, 2.05) is 6.92 Å². The van der Waals surface area contributed by atoms with Crippen LogP contribution in [0.25, 0.3) is 0 Å². The molecule has 5 nitrogen and oxygen atoms in total. The van der Waals surface area contributed by atoms with Crippen LogP contribution >= 0.6 is 12.4 Å². The van der Waals surface area contributed by atoms with E-state index >= 15 is 0 Å². The van der Waals surface area contributed by atoms with E-state index in [9.17, 15) is 22.0 Å². The standard InChI is InChI=1S/C13H16F2N2O3S.ClH/c1-9-8-16-6-7-17(9)12(18)10-2-4-11(5-3-10)21(19,20)13(14)15;/h2-5,9,13,16H,6-8H2,1H3;1H/t9-;/m0./s1. The fourth-order valence-electron chi connectivity index (χ4n) is 2.20. The number of alkyl halides is 2. The summed E-state index contributed by atoms with van der Waals surface area (Å²) in [5.41, 5.74) is 0.289. The predicted octanol–water partition coefficient (Wildman–Crippen LogP) is 1.54. The van der Waals surface area contributed by atoms with Crippen LogP contribution < -0.4 is 5.32 Å². The predicted molar refractivity (Wildman–Crippen MR) is 80.2 cm³/mol. The summed E-state index contributed by atoms with van der Waals surface area (Å²) in [6.45, 7) is 3.83. The Morgan fingerprint density at radius 1 is 1.32 bits per heavy atom. The summed E-state index contributed by atoms with van der Waals surface area (Å²) in [7, 11) is -4.62. The molecule has 0 saturated carbocycles. The Labute approximate surface area is 134 Å². The summed E-state index contributed by atoms with van der Waals surface area (Å²) in [5.74, 6) is -3.70. The topological polar surface area (TPSA) is 66.5 Å². The molecule has 1 atom stereocenters. The van der Waals surface area contributed by atoms with Gasteiger partial charge in [-0.3, -0.25) is 4.79 Å². The second-order valence-corrected chi connectivity index (χ2v) is 6.80. The first-order valence-electron chi connectivity index (χ1n) is 6.48. The van der Waals surface area contributed by atoms with Crippen LogP contribution in [0, 0.1) is 0 Å². The Hall–Kier alpha value is -1.25. The number of carbonyl (C=O) groups excluding carboxylic acids is 1. The number of nitrogens with one attached hydrogen (secondary N) is 1. The van der Waals surface area contributed by atoms with Crippen molar-refractivity contribution in [2.45, 2.75) is 23.6 Å². The number of carbonyl (C=O) groups is 1. The van der Waals surface area contributed by atoms with Gasteiger partial charge in [-0.15, -0.1) is 12.4 Å². The molecule has 22 heavy (non-hydrogen) atoms. The first kappa shape index (κ1) is 18.8. The fraction of sp³-hybridized carbons (Fsp3) is 0.462. The largest absolute Gasteiger partial charge is 0.341 e. The number of halogens is 3. The summed E-state index contributed by atoms with van der Waals surface area (Å²) in [6.07, 6.45) is 0. The van der Waals surface area contributed by atoms with E-state index in [4.69, 9.17) is 0 Å². The smallest absolute Gasteiger partial charge is 0.333 e. The van der Waals surface area contributed by atoms with Gasteiger partial charge in [0.1, 0.15) is 0 Å². The molecule has 1 aliphatic rings. The van der Waals surface area contributed by atoms with Gasteiger partial charge in [0.15, 0.2) is 0 Å². The number of sulfone groups is 1. The van der Waals surface area contributed by atoms with E-state index in [-0.39, 0.29) is 29.9 Å². The van der Waals surface area contributed by atoms with E-state index in [2.05, 4.69) is 5.32 Å². The van der Waals surface area contributed by atoms with Gasteiger partial charge in [-0.1, -0.05) is 0 Å². The molecule has 1 aromatic rings. The number of nitrogens with zero attached hydrogens (tertiary/aromatic N) is 1. The summed E-state index contributed by atoms with van der Waals surface area (Å²) in [4.78, 5) is 13.5. The molecule has 9 heteroatoms. The normalized spacial score (nSPS) is 18.9. The maximum absolute atomic E-state index is 12.4. The minimum Gasteiger partial charge on any atom is -0.333 e. The lowest BCUT2D eigenvalue weighted by Gasteiger charge is -2.34. The second-order valence-electron chi connectivity index (χ2n) is 4.88. The number of amides is 1. The van der Waals surface area contributed by atoms with E-state index in [1.165, 1.54) is 12.1 Å². The Morgan fingerprint density at radius 2 is 1.91 bits per heavy atom. The monoisotopic (exact) mass is 354 g/mol. The highest BCUT2D eigenvalue weighted by Gasteiger charge is 2.28. The van der Waals surface area contributed by atoms with Crippen molar-refractivity contribution in [2.24, 2.45) is 0 Å². The Morgan fingerprint density at radius 3 is 2.41 bits per heavy atom. The molecule has 0 aromatic heterocycles. The van der Waals surface area contributed by atoms with Gasteiger partial charge in [-0.05, 0) is 31.2 Å². The van der Waals surface area contributed by atoms with Crippen LogP contribution in [0.1, 0.15) is 17.3 Å². The zero-order valence-electron chi connectivity index (χ0n) is 11.8. The van der Waals surface area contributed by atoms with Gasteiger partial charge in [0.25, 0.3) is 5.91 Å². The van der Waals surface area contributed by atoms with E-state index in [0.717, 1.165) is 12.1 Å². The molecule has 0 aliphatic carbocycles. The first-order chi connectivity index (χ1) is 9.84. The molecule has 0 bridgehead atoms. The molecule has 1 saturated heterocycles. The second kappa shape index (κ2) is 7.34. The molecule has 1 amide bonds. The van der Waals surface area contributed by atoms with E-state index in [1.54, 1.807) is 4.90 Å². The van der Waals surface area contributed by atoms with Crippen molar-refractivity contribution in [3.05, 3.63) is 29.8 Å². The van der Waals surface area contributed by atoms with E-state index in [0.29, 0.717) is 19.6 Å². The highest BCUT2D eigenvalue weighted by Crippen LogP contribution is 2.19. The molecular formula is C13H17ClF2N2O3S. The Balaban J connectivity index is 0.00000242. The van der Waals surface area contributed by atoms with Crippen molar-refractivity contribution in [1.29, 1.82) is 0 Å². The van der Waals surface area contributed by atoms with Crippen molar-refractivity contribution < 1.29 is 22.0 Å². The Kier molecular flexibility index (Phi) is 6.27. The molecule has 0 unspecified atom stereocenters. The third-order valence-electron chi connectivity index (χ3n) is 3.43. The lowest BCUT2D eigenvalue weighted by molar-refractivity contribution is 0.0655. The van der Waals surface area contributed by atoms with Crippen LogP contribution in [0.4, 0.5) is 8.78 Å². The van der Waals surface area contributed by atoms with Crippen molar-refractivity contribution in [2.75, 3.05) is 19.6 Å². The summed E-state index contributed by atoms with van der Waals surface area (Å²) < 4.78 is 47.5. The van der Waals surface area contributed by atoms with Gasteiger partial charge < -0.3 is 10.2 Å². The molecule has 124 valence electrons. The molecule has 1 N–H and O–H groups in total. The molecule has 1 fully saturated rings. The number of benzene rings is 1. The van der Waals surface area contributed by atoms with Gasteiger partial charge in [0, 0.05) is 31.2 Å². The fourth-order valence-corrected chi connectivity index (χ4v) is 2.92. The zero-order chi connectivity index (χ0) is 15.6. The van der Waals surface area contributed by atoms with E-state index < -0.39 is 20.5 Å². The van der Waals surface area contributed by atoms with Gasteiger partial charge in [-0.25, -0.2) is 8.42 Å². The molecular weight excluding hydrogens is 338 g/mol. The Bertz CT molecular complexity index is 623. The van der Waals surface area contributed by atoms with Gasteiger partial charge in [0.2, 0.25) is 9.84 Å². The van der Waals surface area contributed by atoms with Crippen LogP contribution in [0.3, 0.4) is 0 Å². The van der Waals surface area contributed by atoms with Crippen LogP contribution in [0.2, 0.25) is 0 Å². The summed E-state index contributed by atoms with van der Waals surface area (Å²) in [5, 5.41) is 3.16. The lowest BCUT2D eigenvalue weighted by Crippen LogP contribution is -2.52. The highest BCUT2D eigenvalue weighted by atomic mass is 35.5. The average molecular weight is 355 g/mol. The first-order valence-corrected chi connectivity index (χ1v) is 8.02. The molecule has 2 rings (SSSR count). The summed E-state index contributed by atoms with van der Waals surface area (Å²) in [6, 6.07) is 4.65. The van der Waals surface area contributed by atoms with Crippen LogP contribution in [-0.2, 0) is 9.84 Å². The highest BCUT2D eigenvalue weighted by molar-refractivity contribution is 7.91. The van der Waals surface area contributed by atoms with Crippen LogP contribution in [0.5, 0.6) is 0 Å². The maximum Gasteiger partial charge on any atom is 0.341 e. The van der Waals surface area contributed by atoms with Gasteiger partial charge >= 0.3 is 5.76 Å². The molecule has 0 spiro atoms. The third kappa shape index (κ3) is 3.74. The average Bonchev–Trinajstić information content (AvgIpc) is 2.47. The minimum atomic E-state index is -4.62. The van der Waals surface area contributed by atoms with Gasteiger partial charge in [-0.2, -0.15) is 8.78 Å². The minimum absolute atomic E-state index is 0.